The normalized spacial score (nSPS) is 10.5. The van der Waals surface area contributed by atoms with Crippen LogP contribution in [0.5, 0.6) is 0 Å². The SMILES string of the molecule is Cc1cc2ccc(=O)[nH]c2cc1C(=O)O. The number of pyridine rings is 1. The number of aromatic nitrogens is 1. The molecule has 0 amide bonds. The van der Waals surface area contributed by atoms with Crippen LogP contribution < -0.4 is 5.56 Å². The lowest BCUT2D eigenvalue weighted by Crippen LogP contribution is -2.05. The Kier molecular flexibility index (Phi) is 2.04. The lowest BCUT2D eigenvalue weighted by atomic mass is 10.1. The van der Waals surface area contributed by atoms with Gasteiger partial charge in [0.2, 0.25) is 5.56 Å². The van der Waals surface area contributed by atoms with Crippen LogP contribution in [0.15, 0.2) is 29.1 Å². The first-order chi connectivity index (χ1) is 7.08. The molecule has 4 heteroatoms. The number of carboxylic acid groups (broad SMARTS) is 1. The molecule has 0 aliphatic carbocycles. The van der Waals surface area contributed by atoms with Crippen molar-refractivity contribution in [3.8, 4) is 0 Å². The molecule has 2 aromatic rings. The van der Waals surface area contributed by atoms with Crippen molar-refractivity contribution < 1.29 is 9.90 Å². The minimum absolute atomic E-state index is 0.212. The maximum Gasteiger partial charge on any atom is 0.336 e. The van der Waals surface area contributed by atoms with E-state index >= 15 is 0 Å². The quantitative estimate of drug-likeness (QED) is 0.738. The third kappa shape index (κ3) is 1.61. The van der Waals surface area contributed by atoms with Gasteiger partial charge in [-0.2, -0.15) is 0 Å². The molecule has 0 bridgehead atoms. The van der Waals surface area contributed by atoms with Crippen molar-refractivity contribution in [1.29, 1.82) is 0 Å². The Labute approximate surface area is 85.2 Å². The Morgan fingerprint density at radius 1 is 1.33 bits per heavy atom. The monoisotopic (exact) mass is 203 g/mol. The van der Waals surface area contributed by atoms with E-state index < -0.39 is 5.97 Å². The second kappa shape index (κ2) is 3.24. The second-order valence-electron chi connectivity index (χ2n) is 3.38. The van der Waals surface area contributed by atoms with E-state index in [0.29, 0.717) is 11.1 Å². The van der Waals surface area contributed by atoms with Gasteiger partial charge in [-0.3, -0.25) is 4.79 Å². The maximum absolute atomic E-state index is 11.0. The van der Waals surface area contributed by atoms with E-state index in [2.05, 4.69) is 4.98 Å². The van der Waals surface area contributed by atoms with E-state index in [9.17, 15) is 9.59 Å². The maximum atomic E-state index is 11.0. The Balaban J connectivity index is 2.83. The van der Waals surface area contributed by atoms with Crippen molar-refractivity contribution in [2.45, 2.75) is 6.92 Å². The van der Waals surface area contributed by atoms with Crippen molar-refractivity contribution in [2.75, 3.05) is 0 Å². The van der Waals surface area contributed by atoms with E-state index in [0.717, 1.165) is 5.39 Å². The number of nitrogens with one attached hydrogen (secondary N) is 1. The predicted molar refractivity (Wildman–Crippen MR) is 56.3 cm³/mol. The van der Waals surface area contributed by atoms with Gasteiger partial charge in [0.15, 0.2) is 0 Å². The van der Waals surface area contributed by atoms with Gasteiger partial charge in [0.1, 0.15) is 0 Å². The number of hydrogen-bond acceptors (Lipinski definition) is 2. The zero-order valence-corrected chi connectivity index (χ0v) is 8.07. The molecule has 1 aromatic heterocycles. The fraction of sp³-hybridized carbons (Fsp3) is 0.0909. The number of carboxylic acids is 1. The van der Waals surface area contributed by atoms with E-state index in [1.165, 1.54) is 12.1 Å². The molecule has 0 radical (unpaired) electrons. The van der Waals surface area contributed by atoms with Crippen molar-refractivity contribution in [2.24, 2.45) is 0 Å². The molecular formula is C11H9NO3. The second-order valence-corrected chi connectivity index (χ2v) is 3.38. The van der Waals surface area contributed by atoms with Gasteiger partial charge in [-0.25, -0.2) is 4.79 Å². The highest BCUT2D eigenvalue weighted by Gasteiger charge is 2.08. The standard InChI is InChI=1S/C11H9NO3/c1-6-4-7-2-3-10(13)12-9(7)5-8(6)11(14)15/h2-5H,1H3,(H,12,13)(H,14,15). The average Bonchev–Trinajstić information content (AvgIpc) is 2.17. The van der Waals surface area contributed by atoms with Gasteiger partial charge in [-0.15, -0.1) is 0 Å². The van der Waals surface area contributed by atoms with Crippen LogP contribution in [0.3, 0.4) is 0 Å². The summed E-state index contributed by atoms with van der Waals surface area (Å²) in [6.07, 6.45) is 0. The molecular weight excluding hydrogens is 194 g/mol. The summed E-state index contributed by atoms with van der Waals surface area (Å²) in [6, 6.07) is 6.32. The first kappa shape index (κ1) is 9.45. The van der Waals surface area contributed by atoms with Crippen LogP contribution in [-0.4, -0.2) is 16.1 Å². The Morgan fingerprint density at radius 2 is 2.07 bits per heavy atom. The molecule has 2 N–H and O–H groups in total. The number of carbonyl (C=O) groups is 1. The van der Waals surface area contributed by atoms with Crippen molar-refractivity contribution in [3.63, 3.8) is 0 Å². The molecule has 0 saturated carbocycles. The summed E-state index contributed by atoms with van der Waals surface area (Å²) in [5.74, 6) is -0.987. The predicted octanol–water partition coefficient (Wildman–Crippen LogP) is 1.53. The highest BCUT2D eigenvalue weighted by Crippen LogP contribution is 2.16. The van der Waals surface area contributed by atoms with E-state index in [4.69, 9.17) is 5.11 Å². The van der Waals surface area contributed by atoms with Gasteiger partial charge in [-0.05, 0) is 36.1 Å². The summed E-state index contributed by atoms with van der Waals surface area (Å²) >= 11 is 0. The van der Waals surface area contributed by atoms with E-state index in [-0.39, 0.29) is 11.1 Å². The fourth-order valence-corrected chi connectivity index (χ4v) is 1.55. The smallest absolute Gasteiger partial charge is 0.336 e. The zero-order chi connectivity index (χ0) is 11.0. The molecule has 0 aliphatic rings. The van der Waals surface area contributed by atoms with E-state index in [1.54, 1.807) is 19.1 Å². The summed E-state index contributed by atoms with van der Waals surface area (Å²) in [7, 11) is 0. The molecule has 0 saturated heterocycles. The van der Waals surface area contributed by atoms with Crippen LogP contribution in [0.1, 0.15) is 15.9 Å². The fourth-order valence-electron chi connectivity index (χ4n) is 1.55. The molecule has 4 nitrogen and oxygen atoms in total. The van der Waals surface area contributed by atoms with Gasteiger partial charge in [-0.1, -0.05) is 0 Å². The lowest BCUT2D eigenvalue weighted by Gasteiger charge is -2.03. The van der Waals surface area contributed by atoms with Crippen molar-refractivity contribution in [3.05, 3.63) is 45.7 Å². The number of aromatic carboxylic acids is 1. The van der Waals surface area contributed by atoms with Gasteiger partial charge >= 0.3 is 5.97 Å². The topological polar surface area (TPSA) is 70.2 Å². The molecule has 76 valence electrons. The average molecular weight is 203 g/mol. The minimum Gasteiger partial charge on any atom is -0.478 e. The van der Waals surface area contributed by atoms with E-state index in [1.807, 2.05) is 0 Å². The van der Waals surface area contributed by atoms with Gasteiger partial charge in [0.25, 0.3) is 0 Å². The molecule has 1 aromatic carbocycles. The molecule has 15 heavy (non-hydrogen) atoms. The Morgan fingerprint density at radius 3 is 2.73 bits per heavy atom. The van der Waals surface area contributed by atoms with Crippen molar-refractivity contribution >= 4 is 16.9 Å². The summed E-state index contributed by atoms with van der Waals surface area (Å²) in [5, 5.41) is 9.73. The molecule has 1 heterocycles. The molecule has 0 fully saturated rings. The summed E-state index contributed by atoms with van der Waals surface area (Å²) in [6.45, 7) is 1.73. The number of rotatable bonds is 1. The largest absolute Gasteiger partial charge is 0.478 e. The van der Waals surface area contributed by atoms with Crippen LogP contribution in [0.25, 0.3) is 10.9 Å². The highest BCUT2D eigenvalue weighted by molar-refractivity contribution is 5.94. The lowest BCUT2D eigenvalue weighted by molar-refractivity contribution is 0.0696. The number of benzene rings is 1. The number of aromatic amines is 1. The summed E-state index contributed by atoms with van der Waals surface area (Å²) in [5.41, 5.74) is 1.21. The number of hydrogen-bond donors (Lipinski definition) is 2. The zero-order valence-electron chi connectivity index (χ0n) is 8.07. The first-order valence-electron chi connectivity index (χ1n) is 4.45. The summed E-state index contributed by atoms with van der Waals surface area (Å²) in [4.78, 5) is 24.5. The minimum atomic E-state index is -0.987. The molecule has 2 rings (SSSR count). The Bertz CT molecular complexity index is 598. The molecule has 0 spiro atoms. The Hall–Kier alpha value is -2.10. The number of H-pyrrole nitrogens is 1. The van der Waals surface area contributed by atoms with Crippen LogP contribution in [-0.2, 0) is 0 Å². The molecule has 0 aliphatic heterocycles. The molecule has 0 unspecified atom stereocenters. The first-order valence-corrected chi connectivity index (χ1v) is 4.45. The van der Waals surface area contributed by atoms with Crippen LogP contribution >= 0.6 is 0 Å². The van der Waals surface area contributed by atoms with Crippen molar-refractivity contribution in [1.82, 2.24) is 4.98 Å². The van der Waals surface area contributed by atoms with Crippen LogP contribution in [0.4, 0.5) is 0 Å². The molecule has 0 atom stereocenters. The third-order valence-electron chi connectivity index (χ3n) is 2.30. The van der Waals surface area contributed by atoms with Gasteiger partial charge < -0.3 is 10.1 Å². The van der Waals surface area contributed by atoms with Crippen LogP contribution in [0, 0.1) is 6.92 Å². The van der Waals surface area contributed by atoms with Gasteiger partial charge in [0, 0.05) is 11.6 Å². The summed E-state index contributed by atoms with van der Waals surface area (Å²) < 4.78 is 0. The number of fused-ring (bicyclic) bond motifs is 1. The number of aryl methyl sites for hydroxylation is 1. The highest BCUT2D eigenvalue weighted by atomic mass is 16.4. The van der Waals surface area contributed by atoms with Gasteiger partial charge in [0.05, 0.1) is 5.56 Å². The van der Waals surface area contributed by atoms with Crippen LogP contribution in [0.2, 0.25) is 0 Å². The third-order valence-corrected chi connectivity index (χ3v) is 2.30.